The first-order valence-electron chi connectivity index (χ1n) is 8.10. The molecule has 2 aromatic heterocycles. The highest BCUT2D eigenvalue weighted by Crippen LogP contribution is 2.24. The maximum atomic E-state index is 5.58. The molecule has 1 fully saturated rings. The van der Waals surface area contributed by atoms with Gasteiger partial charge < -0.3 is 14.2 Å². The van der Waals surface area contributed by atoms with Gasteiger partial charge in [-0.3, -0.25) is 0 Å². The smallest absolute Gasteiger partial charge is 0.291 e. The molecule has 0 spiro atoms. The summed E-state index contributed by atoms with van der Waals surface area (Å²) in [5.41, 5.74) is 0.983. The fraction of sp³-hybridized carbons (Fsp3) is 0.600. The van der Waals surface area contributed by atoms with Gasteiger partial charge in [0.25, 0.3) is 4.84 Å². The van der Waals surface area contributed by atoms with Crippen molar-refractivity contribution in [3.63, 3.8) is 0 Å². The molecule has 0 radical (unpaired) electrons. The van der Waals surface area contributed by atoms with E-state index in [0.29, 0.717) is 23.1 Å². The average molecular weight is 368 g/mol. The third kappa shape index (κ3) is 4.34. The van der Waals surface area contributed by atoms with Crippen LogP contribution in [0, 0.1) is 11.8 Å². The summed E-state index contributed by atoms with van der Waals surface area (Å²) >= 11 is 6.82. The van der Waals surface area contributed by atoms with Crippen molar-refractivity contribution in [1.29, 1.82) is 0 Å². The lowest BCUT2D eigenvalue weighted by atomic mass is 10.4. The average Bonchev–Trinajstić information content (AvgIpc) is 3.15. The maximum Gasteiger partial charge on any atom is 0.291 e. The van der Waals surface area contributed by atoms with Gasteiger partial charge in [-0.25, -0.2) is 9.97 Å². The maximum absolute atomic E-state index is 5.58. The third-order valence-electron chi connectivity index (χ3n) is 3.67. The van der Waals surface area contributed by atoms with Crippen LogP contribution in [-0.2, 0) is 12.4 Å². The van der Waals surface area contributed by atoms with Crippen LogP contribution >= 0.6 is 24.0 Å². The number of hydrogen-bond acceptors (Lipinski definition) is 7. The molecular weight excluding hydrogens is 344 g/mol. The second-order valence-corrected chi connectivity index (χ2v) is 7.60. The van der Waals surface area contributed by atoms with Crippen LogP contribution in [-0.4, -0.2) is 46.9 Å². The van der Waals surface area contributed by atoms with E-state index in [0.717, 1.165) is 29.8 Å². The Bertz CT molecular complexity index is 751. The Hall–Kier alpha value is -1.45. The first kappa shape index (κ1) is 17.4. The van der Waals surface area contributed by atoms with Crippen LogP contribution in [0.3, 0.4) is 0 Å². The Morgan fingerprint density at radius 1 is 1.29 bits per heavy atom. The highest BCUT2D eigenvalue weighted by molar-refractivity contribution is 7.98. The fourth-order valence-electron chi connectivity index (χ4n) is 2.60. The van der Waals surface area contributed by atoms with Gasteiger partial charge in [-0.2, -0.15) is 4.68 Å². The summed E-state index contributed by atoms with van der Waals surface area (Å²) in [4.78, 5) is 13.1. The van der Waals surface area contributed by atoms with E-state index in [4.69, 9.17) is 16.6 Å². The van der Waals surface area contributed by atoms with Gasteiger partial charge in [0.2, 0.25) is 11.8 Å². The lowest BCUT2D eigenvalue weighted by Gasteiger charge is -2.16. The third-order valence-corrected chi connectivity index (χ3v) is 4.86. The van der Waals surface area contributed by atoms with Crippen molar-refractivity contribution in [2.24, 2.45) is 0 Å². The largest absolute Gasteiger partial charge is 0.413 e. The predicted molar refractivity (Wildman–Crippen MR) is 95.9 cm³/mol. The van der Waals surface area contributed by atoms with Gasteiger partial charge in [-0.05, 0) is 38.0 Å². The molecular formula is C15H23N6OS2+. The van der Waals surface area contributed by atoms with Crippen molar-refractivity contribution in [1.82, 2.24) is 19.7 Å². The molecule has 0 unspecified atom stereocenters. The van der Waals surface area contributed by atoms with Crippen LogP contribution in [0.4, 0.5) is 5.95 Å². The molecule has 7 nitrogen and oxygen atoms in total. The Labute approximate surface area is 151 Å². The lowest BCUT2D eigenvalue weighted by molar-refractivity contribution is -0.883. The van der Waals surface area contributed by atoms with E-state index in [1.807, 2.05) is 13.0 Å². The molecule has 2 aromatic rings. The molecule has 1 N–H and O–H groups in total. The Morgan fingerprint density at radius 2 is 2.04 bits per heavy atom. The minimum absolute atomic E-state index is 0.420. The van der Waals surface area contributed by atoms with E-state index < -0.39 is 0 Å². The molecule has 3 heterocycles. The first-order valence-corrected chi connectivity index (χ1v) is 9.50. The molecule has 1 aliphatic heterocycles. The summed E-state index contributed by atoms with van der Waals surface area (Å²) in [6, 6.07) is 2.00. The molecule has 1 aliphatic rings. The van der Waals surface area contributed by atoms with Gasteiger partial charge in [-0.15, -0.1) is 5.10 Å². The summed E-state index contributed by atoms with van der Waals surface area (Å²) < 4.78 is 7.30. The number of nitrogens with zero attached hydrogens (tertiary/aromatic N) is 5. The van der Waals surface area contributed by atoms with Crippen LogP contribution in [0.1, 0.15) is 24.4 Å². The molecule has 1 saturated heterocycles. The summed E-state index contributed by atoms with van der Waals surface area (Å²) in [5.74, 6) is 2.07. The van der Waals surface area contributed by atoms with Crippen molar-refractivity contribution in [2.45, 2.75) is 37.2 Å². The number of aromatic nitrogens is 4. The van der Waals surface area contributed by atoms with Gasteiger partial charge in [0.1, 0.15) is 5.03 Å². The molecule has 0 amide bonds. The van der Waals surface area contributed by atoms with E-state index in [1.165, 1.54) is 17.7 Å². The molecule has 0 aliphatic carbocycles. The fourth-order valence-corrected chi connectivity index (χ4v) is 3.59. The van der Waals surface area contributed by atoms with E-state index in [9.17, 15) is 0 Å². The Balaban J connectivity index is 1.69. The van der Waals surface area contributed by atoms with Crippen LogP contribution in [0.25, 0.3) is 0 Å². The summed E-state index contributed by atoms with van der Waals surface area (Å²) in [6.07, 6.45) is 2.43. The molecule has 9 heteroatoms. The SMILES string of the molecule is Cc1cc(SCc2nn(C[NH+](C)C)c(=S)o2)nc(N2CCCC2)n1. The number of quaternary nitrogens is 1. The minimum atomic E-state index is 0.420. The minimum Gasteiger partial charge on any atom is -0.413 e. The van der Waals surface area contributed by atoms with Crippen molar-refractivity contribution >= 4 is 29.9 Å². The Morgan fingerprint density at radius 3 is 2.75 bits per heavy atom. The van der Waals surface area contributed by atoms with Crippen molar-refractivity contribution < 1.29 is 9.32 Å². The number of nitrogens with one attached hydrogen (secondary N) is 1. The normalized spacial score (nSPS) is 14.8. The molecule has 3 rings (SSSR count). The second-order valence-electron chi connectivity index (χ2n) is 6.26. The van der Waals surface area contributed by atoms with Crippen LogP contribution in [0.2, 0.25) is 0 Å². The lowest BCUT2D eigenvalue weighted by Crippen LogP contribution is -3.05. The molecule has 24 heavy (non-hydrogen) atoms. The van der Waals surface area contributed by atoms with Gasteiger partial charge in [0.15, 0.2) is 6.67 Å². The molecule has 0 aromatic carbocycles. The predicted octanol–water partition coefficient (Wildman–Crippen LogP) is 1.30. The number of hydrogen-bond donors (Lipinski definition) is 1. The van der Waals surface area contributed by atoms with Crippen LogP contribution in [0.5, 0.6) is 0 Å². The van der Waals surface area contributed by atoms with E-state index >= 15 is 0 Å². The van der Waals surface area contributed by atoms with Gasteiger partial charge in [0, 0.05) is 18.8 Å². The van der Waals surface area contributed by atoms with Crippen molar-refractivity contribution in [3.05, 3.63) is 22.5 Å². The quantitative estimate of drug-likeness (QED) is 0.469. The van der Waals surface area contributed by atoms with Crippen LogP contribution < -0.4 is 9.80 Å². The number of thioether (sulfide) groups is 1. The van der Waals surface area contributed by atoms with E-state index in [2.05, 4.69) is 34.1 Å². The second kappa shape index (κ2) is 7.62. The zero-order valence-corrected chi connectivity index (χ0v) is 15.9. The van der Waals surface area contributed by atoms with E-state index in [-0.39, 0.29) is 0 Å². The summed E-state index contributed by atoms with van der Waals surface area (Å²) in [7, 11) is 4.10. The first-order chi connectivity index (χ1) is 11.5. The molecule has 0 atom stereocenters. The highest BCUT2D eigenvalue weighted by Gasteiger charge is 2.16. The number of anilines is 1. The zero-order valence-electron chi connectivity index (χ0n) is 14.3. The number of aryl methyl sites for hydroxylation is 1. The highest BCUT2D eigenvalue weighted by atomic mass is 32.2. The van der Waals surface area contributed by atoms with Crippen molar-refractivity contribution in [2.75, 3.05) is 32.1 Å². The number of rotatable bonds is 6. The van der Waals surface area contributed by atoms with Crippen molar-refractivity contribution in [3.8, 4) is 0 Å². The van der Waals surface area contributed by atoms with Gasteiger partial charge in [0.05, 0.1) is 19.8 Å². The summed E-state index contributed by atoms with van der Waals surface area (Å²) in [5, 5.41) is 5.38. The molecule has 0 bridgehead atoms. The van der Waals surface area contributed by atoms with Gasteiger partial charge in [-0.1, -0.05) is 11.8 Å². The topological polar surface area (TPSA) is 64.4 Å². The van der Waals surface area contributed by atoms with E-state index in [1.54, 1.807) is 16.4 Å². The van der Waals surface area contributed by atoms with Crippen LogP contribution in [0.15, 0.2) is 15.5 Å². The monoisotopic (exact) mass is 367 g/mol. The summed E-state index contributed by atoms with van der Waals surface area (Å²) in [6.45, 7) is 4.78. The Kier molecular flexibility index (Phi) is 5.52. The molecule has 0 saturated carbocycles. The zero-order chi connectivity index (χ0) is 17.1. The standard InChI is InChI=1S/C15H22N6OS2/c1-11-8-13(17-14(16-11)20-6-4-5-7-20)24-9-12-18-21(10-19(2)3)15(23)22-12/h8H,4-7,9-10H2,1-3H3/p+1. The van der Waals surface area contributed by atoms with Gasteiger partial charge >= 0.3 is 0 Å². The molecule has 130 valence electrons.